The fourth-order valence-electron chi connectivity index (χ4n) is 2.81. The second-order valence-corrected chi connectivity index (χ2v) is 8.02. The molecule has 1 amide bonds. The molecule has 0 saturated carbocycles. The van der Waals surface area contributed by atoms with Gasteiger partial charge in [-0.05, 0) is 49.7 Å². The Bertz CT molecular complexity index is 1020. The number of carbonyl (C=O) groups excluding carboxylic acids is 1. The standard InChI is InChI=1S/C20H19BrF3N5O/c1-19(2,13-3-6-15(21)7-4-13)26-10-18(30)28-16-9-14(20(22,23)24)5-8-17(16)29-12-25-11-27-29/h3-9,11-12,26H,10H2,1-2H3,(H,28,30). The second kappa shape index (κ2) is 8.57. The Balaban J connectivity index is 1.77. The highest BCUT2D eigenvalue weighted by Crippen LogP contribution is 2.33. The van der Waals surface area contributed by atoms with Gasteiger partial charge in [-0.1, -0.05) is 28.1 Å². The number of rotatable bonds is 6. The summed E-state index contributed by atoms with van der Waals surface area (Å²) in [5.74, 6) is -0.485. The fourth-order valence-corrected chi connectivity index (χ4v) is 3.07. The van der Waals surface area contributed by atoms with E-state index in [1.807, 2.05) is 38.1 Å². The van der Waals surface area contributed by atoms with Gasteiger partial charge in [-0.2, -0.15) is 18.3 Å². The predicted molar refractivity (Wildman–Crippen MR) is 110 cm³/mol. The zero-order valence-corrected chi connectivity index (χ0v) is 17.8. The van der Waals surface area contributed by atoms with E-state index in [0.29, 0.717) is 0 Å². The quantitative estimate of drug-likeness (QED) is 0.543. The van der Waals surface area contributed by atoms with E-state index in [1.165, 1.54) is 23.4 Å². The lowest BCUT2D eigenvalue weighted by Crippen LogP contribution is -2.41. The minimum absolute atomic E-state index is 0.0106. The molecule has 2 N–H and O–H groups in total. The Kier molecular flexibility index (Phi) is 6.27. The maximum Gasteiger partial charge on any atom is 0.416 e. The summed E-state index contributed by atoms with van der Waals surface area (Å²) in [4.78, 5) is 16.3. The van der Waals surface area contributed by atoms with Crippen molar-refractivity contribution < 1.29 is 18.0 Å². The van der Waals surface area contributed by atoms with Crippen LogP contribution in [0.25, 0.3) is 5.69 Å². The first-order valence-electron chi connectivity index (χ1n) is 8.93. The number of anilines is 1. The molecule has 0 saturated heterocycles. The van der Waals surface area contributed by atoms with Gasteiger partial charge in [0.25, 0.3) is 0 Å². The van der Waals surface area contributed by atoms with Gasteiger partial charge in [-0.15, -0.1) is 0 Å². The van der Waals surface area contributed by atoms with E-state index in [1.54, 1.807) is 0 Å². The normalized spacial score (nSPS) is 12.1. The van der Waals surface area contributed by atoms with E-state index in [-0.39, 0.29) is 17.9 Å². The summed E-state index contributed by atoms with van der Waals surface area (Å²) in [5.41, 5.74) is -0.170. The van der Waals surface area contributed by atoms with Crippen LogP contribution < -0.4 is 10.6 Å². The van der Waals surface area contributed by atoms with Gasteiger partial charge >= 0.3 is 6.18 Å². The lowest BCUT2D eigenvalue weighted by atomic mass is 9.94. The molecular weight excluding hydrogens is 463 g/mol. The van der Waals surface area contributed by atoms with Gasteiger partial charge in [0, 0.05) is 10.0 Å². The van der Waals surface area contributed by atoms with Crippen molar-refractivity contribution in [3.63, 3.8) is 0 Å². The summed E-state index contributed by atoms with van der Waals surface area (Å²) >= 11 is 3.38. The van der Waals surface area contributed by atoms with E-state index in [2.05, 4.69) is 36.6 Å². The van der Waals surface area contributed by atoms with Crippen LogP contribution in [0.15, 0.2) is 59.6 Å². The molecule has 2 aromatic carbocycles. The van der Waals surface area contributed by atoms with Gasteiger partial charge in [0.05, 0.1) is 23.5 Å². The molecule has 1 heterocycles. The number of halogens is 4. The highest BCUT2D eigenvalue weighted by molar-refractivity contribution is 9.10. The Morgan fingerprint density at radius 2 is 1.77 bits per heavy atom. The number of hydrogen-bond donors (Lipinski definition) is 2. The Labute approximate surface area is 179 Å². The highest BCUT2D eigenvalue weighted by atomic mass is 79.9. The molecule has 1 aromatic heterocycles. The molecule has 0 radical (unpaired) electrons. The van der Waals surface area contributed by atoms with Gasteiger partial charge in [0.15, 0.2) is 0 Å². The number of nitrogens with zero attached hydrogens (tertiary/aromatic N) is 3. The van der Waals surface area contributed by atoms with Crippen molar-refractivity contribution in [1.82, 2.24) is 20.1 Å². The number of benzene rings is 2. The van der Waals surface area contributed by atoms with Crippen LogP contribution in [0.3, 0.4) is 0 Å². The van der Waals surface area contributed by atoms with Crippen LogP contribution in [-0.2, 0) is 16.5 Å². The van der Waals surface area contributed by atoms with Gasteiger partial charge in [-0.25, -0.2) is 9.67 Å². The first-order valence-corrected chi connectivity index (χ1v) is 9.73. The summed E-state index contributed by atoms with van der Waals surface area (Å²) in [6, 6.07) is 10.7. The number of aromatic nitrogens is 3. The maximum absolute atomic E-state index is 13.1. The zero-order chi connectivity index (χ0) is 21.9. The number of carbonyl (C=O) groups is 1. The lowest BCUT2D eigenvalue weighted by molar-refractivity contribution is -0.137. The molecule has 0 aliphatic heterocycles. The van der Waals surface area contributed by atoms with Crippen molar-refractivity contribution in [2.75, 3.05) is 11.9 Å². The number of amides is 1. The smallest absolute Gasteiger partial charge is 0.323 e. The van der Waals surface area contributed by atoms with Crippen molar-refractivity contribution in [3.8, 4) is 5.69 Å². The molecule has 3 rings (SSSR count). The van der Waals surface area contributed by atoms with Crippen LogP contribution in [-0.4, -0.2) is 27.2 Å². The Hall–Kier alpha value is -2.72. The second-order valence-electron chi connectivity index (χ2n) is 7.10. The molecule has 0 fully saturated rings. The molecule has 0 bridgehead atoms. The molecular formula is C20H19BrF3N5O. The summed E-state index contributed by atoms with van der Waals surface area (Å²) < 4.78 is 41.6. The third kappa shape index (κ3) is 5.25. The summed E-state index contributed by atoms with van der Waals surface area (Å²) in [6.45, 7) is 3.72. The van der Waals surface area contributed by atoms with Gasteiger partial charge < -0.3 is 5.32 Å². The van der Waals surface area contributed by atoms with E-state index < -0.39 is 23.2 Å². The molecule has 30 heavy (non-hydrogen) atoms. The molecule has 158 valence electrons. The Morgan fingerprint density at radius 1 is 1.10 bits per heavy atom. The van der Waals surface area contributed by atoms with Crippen LogP contribution in [0.1, 0.15) is 25.0 Å². The SMILES string of the molecule is CC(C)(NCC(=O)Nc1cc(C(F)(F)F)ccc1-n1cncn1)c1ccc(Br)cc1. The van der Waals surface area contributed by atoms with E-state index in [9.17, 15) is 18.0 Å². The van der Waals surface area contributed by atoms with Crippen LogP contribution in [0.5, 0.6) is 0 Å². The third-order valence-electron chi connectivity index (χ3n) is 4.52. The molecule has 0 unspecified atom stereocenters. The maximum atomic E-state index is 13.1. The van der Waals surface area contributed by atoms with Gasteiger partial charge in [0.2, 0.25) is 5.91 Å². The fraction of sp³-hybridized carbons (Fsp3) is 0.250. The molecule has 0 aliphatic rings. The molecule has 0 spiro atoms. The minimum atomic E-state index is -4.54. The first-order chi connectivity index (χ1) is 14.1. The van der Waals surface area contributed by atoms with Crippen molar-refractivity contribution >= 4 is 27.5 Å². The predicted octanol–water partition coefficient (Wildman–Crippen LogP) is 4.51. The Morgan fingerprint density at radius 3 is 2.37 bits per heavy atom. The third-order valence-corrected chi connectivity index (χ3v) is 5.05. The molecule has 3 aromatic rings. The minimum Gasteiger partial charge on any atom is -0.323 e. The topological polar surface area (TPSA) is 71.8 Å². The largest absolute Gasteiger partial charge is 0.416 e. The van der Waals surface area contributed by atoms with Crippen molar-refractivity contribution in [2.45, 2.75) is 25.6 Å². The van der Waals surface area contributed by atoms with Gasteiger partial charge in [0.1, 0.15) is 12.7 Å². The number of hydrogen-bond acceptors (Lipinski definition) is 4. The van der Waals surface area contributed by atoms with Gasteiger partial charge in [-0.3, -0.25) is 10.1 Å². The van der Waals surface area contributed by atoms with E-state index in [0.717, 1.165) is 22.2 Å². The molecule has 0 atom stereocenters. The van der Waals surface area contributed by atoms with E-state index in [4.69, 9.17) is 0 Å². The molecule has 10 heteroatoms. The summed E-state index contributed by atoms with van der Waals surface area (Å²) in [5, 5.41) is 9.61. The highest BCUT2D eigenvalue weighted by Gasteiger charge is 2.31. The molecule has 0 aliphatic carbocycles. The zero-order valence-electron chi connectivity index (χ0n) is 16.2. The lowest BCUT2D eigenvalue weighted by Gasteiger charge is -2.27. The number of alkyl halides is 3. The van der Waals surface area contributed by atoms with Crippen molar-refractivity contribution in [3.05, 3.63) is 70.7 Å². The van der Waals surface area contributed by atoms with Crippen LogP contribution in [0.4, 0.5) is 18.9 Å². The van der Waals surface area contributed by atoms with Crippen LogP contribution in [0.2, 0.25) is 0 Å². The summed E-state index contributed by atoms with van der Waals surface area (Å²) in [6.07, 6.45) is -1.94. The molecule has 6 nitrogen and oxygen atoms in total. The van der Waals surface area contributed by atoms with Crippen LogP contribution in [0, 0.1) is 0 Å². The van der Waals surface area contributed by atoms with Crippen LogP contribution >= 0.6 is 15.9 Å². The average molecular weight is 482 g/mol. The first kappa shape index (κ1) is 22.0. The summed E-state index contributed by atoms with van der Waals surface area (Å²) in [7, 11) is 0. The van der Waals surface area contributed by atoms with Crippen molar-refractivity contribution in [1.29, 1.82) is 0 Å². The van der Waals surface area contributed by atoms with E-state index >= 15 is 0 Å². The average Bonchev–Trinajstić information content (AvgIpc) is 3.21. The number of nitrogens with one attached hydrogen (secondary N) is 2. The van der Waals surface area contributed by atoms with Crippen molar-refractivity contribution in [2.24, 2.45) is 0 Å². The monoisotopic (exact) mass is 481 g/mol.